The van der Waals surface area contributed by atoms with E-state index in [1.807, 2.05) is 20.8 Å². The molecule has 4 N–H and O–H groups in total. The van der Waals surface area contributed by atoms with Crippen molar-refractivity contribution in [3.63, 3.8) is 0 Å². The molecule has 1 fully saturated rings. The van der Waals surface area contributed by atoms with Crippen molar-refractivity contribution < 1.29 is 34.4 Å². The Morgan fingerprint density at radius 2 is 1.85 bits per heavy atom. The Morgan fingerprint density at radius 1 is 1.23 bits per heavy atom. The Morgan fingerprint density at radius 3 is 2.35 bits per heavy atom. The maximum atomic E-state index is 11.9. The molecule has 1 rings (SSSR count). The van der Waals surface area contributed by atoms with Gasteiger partial charge in [0.05, 0.1) is 6.61 Å². The molecule has 1 heterocycles. The summed E-state index contributed by atoms with van der Waals surface area (Å²) in [4.78, 5) is 23.3. The van der Waals surface area contributed by atoms with Gasteiger partial charge in [-0.1, -0.05) is 20.8 Å². The summed E-state index contributed by atoms with van der Waals surface area (Å²) in [6.07, 6.45) is -2.05. The summed E-state index contributed by atoms with van der Waals surface area (Å²) < 4.78 is 11.3. The number of ether oxygens (including phenoxy) is 2. The van der Waals surface area contributed by atoms with E-state index in [0.717, 1.165) is 0 Å². The van der Waals surface area contributed by atoms with Gasteiger partial charge >= 0.3 is 0 Å². The maximum absolute atomic E-state index is 11.9. The largest absolute Gasteiger partial charge is 0.393 e. The van der Waals surface area contributed by atoms with Crippen molar-refractivity contribution in [1.82, 2.24) is 5.32 Å². The number of aliphatic hydroxyl groups excluding tert-OH is 3. The molecule has 0 bridgehead atoms. The highest BCUT2D eigenvalue weighted by molar-refractivity contribution is 5.83. The lowest BCUT2D eigenvalue weighted by molar-refractivity contribution is -0.307. The van der Waals surface area contributed by atoms with E-state index in [0.29, 0.717) is 19.3 Å². The summed E-state index contributed by atoms with van der Waals surface area (Å²) in [5.74, 6) is -0.226. The molecule has 1 aliphatic heterocycles. The summed E-state index contributed by atoms with van der Waals surface area (Å²) in [6.45, 7) is 8.12. The topological polar surface area (TPSA) is 125 Å². The minimum absolute atomic E-state index is 0.175. The third kappa shape index (κ3) is 5.99. The molecule has 0 radical (unpaired) electrons. The molecule has 0 aromatic rings. The van der Waals surface area contributed by atoms with Crippen LogP contribution in [0.3, 0.4) is 0 Å². The number of carbonyl (C=O) groups is 2. The lowest BCUT2D eigenvalue weighted by Crippen LogP contribution is -2.69. The second kappa shape index (κ2) is 9.23. The third-order valence-electron chi connectivity index (χ3n) is 4.60. The molecule has 8 nitrogen and oxygen atoms in total. The molecule has 8 heteroatoms. The monoisotopic (exact) mass is 375 g/mol. The van der Waals surface area contributed by atoms with Gasteiger partial charge < -0.3 is 30.1 Å². The predicted molar refractivity (Wildman–Crippen MR) is 94.2 cm³/mol. The molecule has 0 aromatic carbocycles. The van der Waals surface area contributed by atoms with Gasteiger partial charge in [-0.3, -0.25) is 9.59 Å². The van der Waals surface area contributed by atoms with Crippen molar-refractivity contribution in [2.75, 3.05) is 13.2 Å². The maximum Gasteiger partial charge on any atom is 0.217 e. The van der Waals surface area contributed by atoms with Crippen LogP contribution >= 0.6 is 0 Å². The fourth-order valence-electron chi connectivity index (χ4n) is 2.75. The second-order valence-electron chi connectivity index (χ2n) is 8.12. The summed E-state index contributed by atoms with van der Waals surface area (Å²) in [5.41, 5.74) is -1.77. The van der Waals surface area contributed by atoms with E-state index < -0.39 is 42.7 Å². The van der Waals surface area contributed by atoms with E-state index in [4.69, 9.17) is 9.47 Å². The number of Topliss-reactive ketones (excluding diaryl/α,β-unsaturated/α-hetero) is 1. The predicted octanol–water partition coefficient (Wildman–Crippen LogP) is 0.122. The molecule has 1 aliphatic rings. The van der Waals surface area contributed by atoms with E-state index in [1.165, 1.54) is 13.8 Å². The number of nitrogens with one attached hydrogen (secondary N) is 1. The number of hydrogen-bond donors (Lipinski definition) is 4. The van der Waals surface area contributed by atoms with Crippen molar-refractivity contribution in [3.05, 3.63) is 0 Å². The molecule has 5 atom stereocenters. The summed E-state index contributed by atoms with van der Waals surface area (Å²) >= 11 is 0. The van der Waals surface area contributed by atoms with Crippen molar-refractivity contribution in [3.8, 4) is 0 Å². The number of carbonyl (C=O) groups excluding carboxylic acids is 2. The first-order valence-corrected chi connectivity index (χ1v) is 8.99. The third-order valence-corrected chi connectivity index (χ3v) is 4.60. The van der Waals surface area contributed by atoms with Crippen LogP contribution in [0.15, 0.2) is 0 Å². The van der Waals surface area contributed by atoms with E-state index >= 15 is 0 Å². The molecule has 1 saturated heterocycles. The van der Waals surface area contributed by atoms with Crippen LogP contribution in [0, 0.1) is 5.41 Å². The standard InChI is InChI=1S/C18H33NO7/c1-11(21)19-13-14(23)15(24)18(5,10-20)26-16(13)25-9-7-6-8-12(22)17(2,3)4/h13-16,20,23-24H,6-10H2,1-5H3,(H,19,21)/t13?,14-,15+,16-,18?/m1/s1. The Kier molecular flexibility index (Phi) is 8.16. The average molecular weight is 375 g/mol. The van der Waals surface area contributed by atoms with Gasteiger partial charge in [-0.15, -0.1) is 0 Å². The van der Waals surface area contributed by atoms with Gasteiger partial charge in [0.15, 0.2) is 6.29 Å². The first kappa shape index (κ1) is 23.0. The zero-order valence-corrected chi connectivity index (χ0v) is 16.3. The van der Waals surface area contributed by atoms with E-state index in [2.05, 4.69) is 5.32 Å². The number of unbranched alkanes of at least 4 members (excludes halogenated alkanes) is 1. The number of hydrogen-bond acceptors (Lipinski definition) is 7. The van der Waals surface area contributed by atoms with Gasteiger partial charge in [0, 0.05) is 25.4 Å². The average Bonchev–Trinajstić information content (AvgIpc) is 2.54. The quantitative estimate of drug-likeness (QED) is 0.444. The van der Waals surface area contributed by atoms with Crippen molar-refractivity contribution >= 4 is 11.7 Å². The van der Waals surface area contributed by atoms with E-state index in [-0.39, 0.29) is 17.8 Å². The highest BCUT2D eigenvalue weighted by Gasteiger charge is 2.51. The van der Waals surface area contributed by atoms with Crippen molar-refractivity contribution in [1.29, 1.82) is 0 Å². The minimum atomic E-state index is -1.40. The molecular formula is C18H33NO7. The first-order chi connectivity index (χ1) is 11.9. The minimum Gasteiger partial charge on any atom is -0.393 e. The molecule has 152 valence electrons. The van der Waals surface area contributed by atoms with Crippen LogP contribution < -0.4 is 5.32 Å². The fraction of sp³-hybridized carbons (Fsp3) is 0.889. The normalized spacial score (nSPS) is 32.3. The van der Waals surface area contributed by atoms with Gasteiger partial charge in [-0.05, 0) is 19.8 Å². The van der Waals surface area contributed by atoms with Crippen LogP contribution in [0.4, 0.5) is 0 Å². The summed E-state index contributed by atoms with van der Waals surface area (Å²) in [6, 6.07) is -0.960. The highest BCUT2D eigenvalue weighted by Crippen LogP contribution is 2.30. The van der Waals surface area contributed by atoms with Gasteiger partial charge in [-0.2, -0.15) is 0 Å². The Bertz CT molecular complexity index is 490. The lowest BCUT2D eigenvalue weighted by Gasteiger charge is -2.47. The van der Waals surface area contributed by atoms with Gasteiger partial charge in [0.25, 0.3) is 0 Å². The lowest BCUT2D eigenvalue weighted by atomic mass is 9.87. The molecule has 26 heavy (non-hydrogen) atoms. The highest BCUT2D eigenvalue weighted by atomic mass is 16.7. The smallest absolute Gasteiger partial charge is 0.217 e. The molecular weight excluding hydrogens is 342 g/mol. The number of amides is 1. The molecule has 0 aromatic heterocycles. The second-order valence-corrected chi connectivity index (χ2v) is 8.12. The van der Waals surface area contributed by atoms with Crippen LogP contribution in [0.25, 0.3) is 0 Å². The molecule has 0 spiro atoms. The van der Waals surface area contributed by atoms with Crippen LogP contribution in [0.1, 0.15) is 53.9 Å². The summed E-state index contributed by atoms with van der Waals surface area (Å²) in [5, 5.41) is 32.5. The molecule has 0 aliphatic carbocycles. The van der Waals surface area contributed by atoms with E-state index in [1.54, 1.807) is 0 Å². The fourth-order valence-corrected chi connectivity index (χ4v) is 2.75. The Balaban J connectivity index is 2.62. The van der Waals surface area contributed by atoms with Gasteiger partial charge in [-0.25, -0.2) is 0 Å². The first-order valence-electron chi connectivity index (χ1n) is 8.99. The van der Waals surface area contributed by atoms with Gasteiger partial charge in [0.1, 0.15) is 29.6 Å². The zero-order valence-electron chi connectivity index (χ0n) is 16.3. The van der Waals surface area contributed by atoms with Crippen LogP contribution in [-0.4, -0.2) is 70.4 Å². The van der Waals surface area contributed by atoms with Crippen molar-refractivity contribution in [2.45, 2.75) is 84.0 Å². The van der Waals surface area contributed by atoms with E-state index in [9.17, 15) is 24.9 Å². The number of aliphatic hydroxyl groups is 3. The Labute approximate surface area is 154 Å². The number of rotatable bonds is 8. The van der Waals surface area contributed by atoms with Crippen LogP contribution in [0.5, 0.6) is 0 Å². The Hall–Kier alpha value is -1.06. The van der Waals surface area contributed by atoms with Crippen molar-refractivity contribution in [2.24, 2.45) is 5.41 Å². The molecule has 1 amide bonds. The summed E-state index contributed by atoms with van der Waals surface area (Å²) in [7, 11) is 0. The van der Waals surface area contributed by atoms with Crippen LogP contribution in [0.2, 0.25) is 0 Å². The zero-order chi connectivity index (χ0) is 20.1. The van der Waals surface area contributed by atoms with Crippen LogP contribution in [-0.2, 0) is 19.1 Å². The van der Waals surface area contributed by atoms with Gasteiger partial charge in [0.2, 0.25) is 5.91 Å². The molecule has 2 unspecified atom stereocenters. The number of ketones is 1. The molecule has 0 saturated carbocycles. The SMILES string of the molecule is CC(=O)NC1[C@H](OCCCCC(=O)C(C)(C)C)OC(C)(CO)[C@@H](O)[C@@H]1O.